The SMILES string of the molecule is CCN1CCc2cc(OC)c(OC)cc2[C@H]1[C@H](NC(=O)c1ccc(Cl)cc1)C(C)C. The summed E-state index contributed by atoms with van der Waals surface area (Å²) in [5.74, 6) is 1.60. The standard InChI is InChI=1S/C24H31ClN2O3/c1-6-27-12-11-17-13-20(29-4)21(30-5)14-19(17)23(27)22(15(2)3)26-24(28)16-7-9-18(25)10-8-16/h7-10,13-15,22-23H,6,11-12H2,1-5H3,(H,26,28)/t22-,23+/m1/s1. The summed E-state index contributed by atoms with van der Waals surface area (Å²) in [6.45, 7) is 8.30. The molecule has 6 heteroatoms. The molecular weight excluding hydrogens is 400 g/mol. The number of fused-ring (bicyclic) bond motifs is 1. The van der Waals surface area contributed by atoms with Crippen LogP contribution in [0.2, 0.25) is 5.02 Å². The molecule has 0 saturated carbocycles. The molecule has 1 amide bonds. The quantitative estimate of drug-likeness (QED) is 0.689. The Bertz CT molecular complexity index is 883. The maximum atomic E-state index is 13.0. The lowest BCUT2D eigenvalue weighted by atomic mass is 9.83. The summed E-state index contributed by atoms with van der Waals surface area (Å²) in [7, 11) is 3.31. The summed E-state index contributed by atoms with van der Waals surface area (Å²) >= 11 is 5.98. The molecule has 3 rings (SSSR count). The van der Waals surface area contributed by atoms with Gasteiger partial charge in [-0.25, -0.2) is 0 Å². The van der Waals surface area contributed by atoms with E-state index in [1.807, 2.05) is 0 Å². The highest BCUT2D eigenvalue weighted by atomic mass is 35.5. The summed E-state index contributed by atoms with van der Waals surface area (Å²) in [6.07, 6.45) is 0.940. The van der Waals surface area contributed by atoms with Crippen molar-refractivity contribution >= 4 is 17.5 Å². The molecule has 0 radical (unpaired) electrons. The molecule has 0 saturated heterocycles. The van der Waals surface area contributed by atoms with Gasteiger partial charge in [-0.15, -0.1) is 0 Å². The first-order chi connectivity index (χ1) is 14.4. The normalized spacial score (nSPS) is 17.4. The van der Waals surface area contributed by atoms with Gasteiger partial charge in [-0.3, -0.25) is 9.69 Å². The van der Waals surface area contributed by atoms with E-state index >= 15 is 0 Å². The van der Waals surface area contributed by atoms with Crippen LogP contribution in [0.5, 0.6) is 11.5 Å². The zero-order valence-corrected chi connectivity index (χ0v) is 19.1. The molecule has 0 fully saturated rings. The number of benzene rings is 2. The zero-order chi connectivity index (χ0) is 21.8. The van der Waals surface area contributed by atoms with Crippen LogP contribution in [0.3, 0.4) is 0 Å². The molecular formula is C24H31ClN2O3. The highest BCUT2D eigenvalue weighted by Crippen LogP contribution is 2.40. The third-order valence-corrected chi connectivity index (χ3v) is 6.15. The molecule has 0 spiro atoms. The number of likely N-dealkylation sites (N-methyl/N-ethyl adjacent to an activating group) is 1. The van der Waals surface area contributed by atoms with Crippen molar-refractivity contribution in [1.29, 1.82) is 0 Å². The highest BCUT2D eigenvalue weighted by Gasteiger charge is 2.36. The second-order valence-corrected chi connectivity index (χ2v) is 8.42. The van der Waals surface area contributed by atoms with E-state index in [4.69, 9.17) is 21.1 Å². The molecule has 0 aliphatic carbocycles. The number of nitrogens with one attached hydrogen (secondary N) is 1. The summed E-state index contributed by atoms with van der Waals surface area (Å²) in [5, 5.41) is 3.91. The van der Waals surface area contributed by atoms with Gasteiger partial charge in [-0.05, 0) is 66.4 Å². The van der Waals surface area contributed by atoms with E-state index in [9.17, 15) is 4.79 Å². The minimum absolute atomic E-state index is 0.0507. The fourth-order valence-electron chi connectivity index (χ4n) is 4.25. The molecule has 2 aromatic rings. The number of ether oxygens (including phenoxy) is 2. The average molecular weight is 431 g/mol. The second kappa shape index (κ2) is 9.71. The lowest BCUT2D eigenvalue weighted by Crippen LogP contribution is -2.51. The molecule has 0 aromatic heterocycles. The van der Waals surface area contributed by atoms with Gasteiger partial charge in [0.05, 0.1) is 26.3 Å². The van der Waals surface area contributed by atoms with Crippen LogP contribution in [-0.4, -0.2) is 44.2 Å². The van der Waals surface area contributed by atoms with E-state index in [1.54, 1.807) is 38.5 Å². The maximum Gasteiger partial charge on any atom is 0.251 e. The number of amides is 1. The lowest BCUT2D eigenvalue weighted by Gasteiger charge is -2.43. The van der Waals surface area contributed by atoms with Crippen LogP contribution in [0, 0.1) is 5.92 Å². The molecule has 2 atom stereocenters. The van der Waals surface area contributed by atoms with Gasteiger partial charge in [0.15, 0.2) is 11.5 Å². The molecule has 0 bridgehead atoms. The molecule has 0 unspecified atom stereocenters. The number of hydrogen-bond acceptors (Lipinski definition) is 4. The predicted octanol–water partition coefficient (Wildman–Crippen LogP) is 4.73. The Hall–Kier alpha value is -2.24. The highest BCUT2D eigenvalue weighted by molar-refractivity contribution is 6.30. The largest absolute Gasteiger partial charge is 0.493 e. The van der Waals surface area contributed by atoms with Crippen LogP contribution in [0.4, 0.5) is 0 Å². The molecule has 1 aliphatic rings. The lowest BCUT2D eigenvalue weighted by molar-refractivity contribution is 0.0834. The van der Waals surface area contributed by atoms with Crippen LogP contribution in [0.15, 0.2) is 36.4 Å². The van der Waals surface area contributed by atoms with Gasteiger partial charge in [0.2, 0.25) is 0 Å². The van der Waals surface area contributed by atoms with Crippen molar-refractivity contribution in [1.82, 2.24) is 10.2 Å². The first-order valence-corrected chi connectivity index (χ1v) is 10.8. The number of hydrogen-bond donors (Lipinski definition) is 1. The van der Waals surface area contributed by atoms with Gasteiger partial charge in [0.1, 0.15) is 0 Å². The zero-order valence-electron chi connectivity index (χ0n) is 18.4. The Morgan fingerprint density at radius 1 is 1.17 bits per heavy atom. The third kappa shape index (κ3) is 4.57. The van der Waals surface area contributed by atoms with E-state index in [2.05, 4.69) is 43.1 Å². The molecule has 1 N–H and O–H groups in total. The third-order valence-electron chi connectivity index (χ3n) is 5.89. The van der Waals surface area contributed by atoms with Gasteiger partial charge in [0.25, 0.3) is 5.91 Å². The van der Waals surface area contributed by atoms with E-state index in [1.165, 1.54) is 11.1 Å². The van der Waals surface area contributed by atoms with Crippen LogP contribution in [-0.2, 0) is 6.42 Å². The Balaban J connectivity index is 2.00. The van der Waals surface area contributed by atoms with Crippen LogP contribution in [0.1, 0.15) is 48.3 Å². The first kappa shape index (κ1) is 22.4. The van der Waals surface area contributed by atoms with Crippen molar-refractivity contribution in [3.63, 3.8) is 0 Å². The average Bonchev–Trinajstić information content (AvgIpc) is 2.75. The maximum absolute atomic E-state index is 13.0. The Morgan fingerprint density at radius 3 is 2.37 bits per heavy atom. The van der Waals surface area contributed by atoms with Gasteiger partial charge in [-0.1, -0.05) is 32.4 Å². The molecule has 162 valence electrons. The minimum atomic E-state index is -0.0889. The van der Waals surface area contributed by atoms with Gasteiger partial charge in [0, 0.05) is 17.1 Å². The van der Waals surface area contributed by atoms with Gasteiger partial charge in [-0.2, -0.15) is 0 Å². The number of nitrogens with zero attached hydrogens (tertiary/aromatic N) is 1. The van der Waals surface area contributed by atoms with E-state index < -0.39 is 0 Å². The van der Waals surface area contributed by atoms with E-state index in [0.29, 0.717) is 16.3 Å². The molecule has 1 heterocycles. The van der Waals surface area contributed by atoms with Crippen molar-refractivity contribution in [2.45, 2.75) is 39.3 Å². The fourth-order valence-corrected chi connectivity index (χ4v) is 4.38. The number of rotatable bonds is 7. The predicted molar refractivity (Wildman–Crippen MR) is 121 cm³/mol. The Morgan fingerprint density at radius 2 is 1.80 bits per heavy atom. The van der Waals surface area contributed by atoms with Crippen LogP contribution < -0.4 is 14.8 Å². The number of carbonyl (C=O) groups excluding carboxylic acids is 1. The van der Waals surface area contributed by atoms with Crippen molar-refractivity contribution in [2.24, 2.45) is 5.92 Å². The topological polar surface area (TPSA) is 50.8 Å². The fraction of sp³-hybridized carbons (Fsp3) is 0.458. The van der Waals surface area contributed by atoms with Crippen LogP contribution in [0.25, 0.3) is 0 Å². The smallest absolute Gasteiger partial charge is 0.251 e. The van der Waals surface area contributed by atoms with Crippen LogP contribution >= 0.6 is 11.6 Å². The van der Waals surface area contributed by atoms with Crippen molar-refractivity contribution < 1.29 is 14.3 Å². The summed E-state index contributed by atoms with van der Waals surface area (Å²) in [4.78, 5) is 15.5. The number of carbonyl (C=O) groups is 1. The Labute approximate surface area is 184 Å². The summed E-state index contributed by atoms with van der Waals surface area (Å²) < 4.78 is 11.1. The van der Waals surface area contributed by atoms with Crippen molar-refractivity contribution in [3.05, 3.63) is 58.1 Å². The number of methoxy groups -OCH3 is 2. The Kier molecular flexibility index (Phi) is 7.27. The molecule has 1 aliphatic heterocycles. The monoisotopic (exact) mass is 430 g/mol. The van der Waals surface area contributed by atoms with Gasteiger partial charge >= 0.3 is 0 Å². The second-order valence-electron chi connectivity index (χ2n) is 7.98. The van der Waals surface area contributed by atoms with Crippen molar-refractivity contribution in [3.8, 4) is 11.5 Å². The molecule has 5 nitrogen and oxygen atoms in total. The number of halogens is 1. The molecule has 2 aromatic carbocycles. The molecule has 30 heavy (non-hydrogen) atoms. The van der Waals surface area contributed by atoms with Crippen molar-refractivity contribution in [2.75, 3.05) is 27.3 Å². The summed E-state index contributed by atoms with van der Waals surface area (Å²) in [5.41, 5.74) is 3.04. The minimum Gasteiger partial charge on any atom is -0.493 e. The van der Waals surface area contributed by atoms with E-state index in [0.717, 1.165) is 25.3 Å². The first-order valence-electron chi connectivity index (χ1n) is 10.4. The summed E-state index contributed by atoms with van der Waals surface area (Å²) in [6, 6.07) is 11.1. The van der Waals surface area contributed by atoms with E-state index in [-0.39, 0.29) is 23.9 Å². The van der Waals surface area contributed by atoms with Gasteiger partial charge < -0.3 is 14.8 Å².